The highest BCUT2D eigenvalue weighted by Crippen LogP contribution is 2.09. The summed E-state index contributed by atoms with van der Waals surface area (Å²) in [6.45, 7) is 2.55. The summed E-state index contributed by atoms with van der Waals surface area (Å²) >= 11 is 0. The second kappa shape index (κ2) is 4.34. The first-order chi connectivity index (χ1) is 5.34. The standard InChI is InChI=1S/C8H16N2O/c9-5-3-4-8(11)10-6-1-2-7-10/h1-7,9H2. The second-order valence-corrected chi connectivity index (χ2v) is 2.98. The van der Waals surface area contributed by atoms with Crippen LogP contribution in [0.25, 0.3) is 0 Å². The van der Waals surface area contributed by atoms with Crippen LogP contribution in [0.3, 0.4) is 0 Å². The summed E-state index contributed by atoms with van der Waals surface area (Å²) in [5, 5.41) is 0. The largest absolute Gasteiger partial charge is 0.343 e. The summed E-state index contributed by atoms with van der Waals surface area (Å²) in [4.78, 5) is 13.2. The van der Waals surface area contributed by atoms with Crippen LogP contribution in [-0.2, 0) is 4.79 Å². The van der Waals surface area contributed by atoms with Crippen LogP contribution in [0, 0.1) is 0 Å². The van der Waals surface area contributed by atoms with E-state index >= 15 is 0 Å². The minimum absolute atomic E-state index is 0.285. The van der Waals surface area contributed by atoms with E-state index in [1.165, 1.54) is 12.8 Å². The fraction of sp³-hybridized carbons (Fsp3) is 0.875. The number of amides is 1. The number of rotatable bonds is 3. The third-order valence-electron chi connectivity index (χ3n) is 2.05. The number of likely N-dealkylation sites (tertiary alicyclic amines) is 1. The third kappa shape index (κ3) is 2.50. The molecule has 1 aliphatic heterocycles. The Morgan fingerprint density at radius 1 is 1.36 bits per heavy atom. The number of carbonyl (C=O) groups is 1. The summed E-state index contributed by atoms with van der Waals surface area (Å²) in [5.41, 5.74) is 5.30. The van der Waals surface area contributed by atoms with Gasteiger partial charge in [-0.15, -0.1) is 0 Å². The first kappa shape index (κ1) is 8.53. The lowest BCUT2D eigenvalue weighted by atomic mass is 10.3. The Balaban J connectivity index is 2.17. The van der Waals surface area contributed by atoms with E-state index in [0.717, 1.165) is 19.5 Å². The number of nitrogens with two attached hydrogens (primary N) is 1. The van der Waals surface area contributed by atoms with Gasteiger partial charge in [-0.25, -0.2) is 0 Å². The van der Waals surface area contributed by atoms with Crippen LogP contribution in [0.1, 0.15) is 25.7 Å². The number of hydrogen-bond acceptors (Lipinski definition) is 2. The highest BCUT2D eigenvalue weighted by Gasteiger charge is 2.16. The van der Waals surface area contributed by atoms with Gasteiger partial charge in [0, 0.05) is 19.5 Å². The predicted molar refractivity (Wildman–Crippen MR) is 44.1 cm³/mol. The van der Waals surface area contributed by atoms with Gasteiger partial charge in [0.15, 0.2) is 0 Å². The van der Waals surface area contributed by atoms with E-state index in [1.54, 1.807) is 0 Å². The molecule has 0 spiro atoms. The van der Waals surface area contributed by atoms with Gasteiger partial charge in [0.05, 0.1) is 0 Å². The van der Waals surface area contributed by atoms with Crippen LogP contribution in [0.5, 0.6) is 0 Å². The molecule has 0 aliphatic carbocycles. The van der Waals surface area contributed by atoms with Crippen LogP contribution >= 0.6 is 0 Å². The summed E-state index contributed by atoms with van der Waals surface area (Å²) in [6.07, 6.45) is 3.81. The zero-order valence-electron chi connectivity index (χ0n) is 6.88. The van der Waals surface area contributed by atoms with Crippen molar-refractivity contribution in [3.63, 3.8) is 0 Å². The highest BCUT2D eigenvalue weighted by molar-refractivity contribution is 5.76. The molecule has 3 heteroatoms. The van der Waals surface area contributed by atoms with Crippen LogP contribution in [0.4, 0.5) is 0 Å². The number of carbonyl (C=O) groups excluding carboxylic acids is 1. The Bertz CT molecular complexity index is 130. The van der Waals surface area contributed by atoms with Crippen molar-refractivity contribution in [2.45, 2.75) is 25.7 Å². The minimum atomic E-state index is 0.285. The first-order valence-electron chi connectivity index (χ1n) is 4.32. The van der Waals surface area contributed by atoms with Gasteiger partial charge in [0.1, 0.15) is 0 Å². The molecule has 3 nitrogen and oxygen atoms in total. The molecule has 1 saturated heterocycles. The molecule has 2 N–H and O–H groups in total. The third-order valence-corrected chi connectivity index (χ3v) is 2.05. The lowest BCUT2D eigenvalue weighted by Crippen LogP contribution is -2.27. The molecule has 0 atom stereocenters. The van der Waals surface area contributed by atoms with Crippen LogP contribution in [-0.4, -0.2) is 30.4 Å². The van der Waals surface area contributed by atoms with Gasteiger partial charge in [0.25, 0.3) is 0 Å². The van der Waals surface area contributed by atoms with Crippen molar-refractivity contribution in [2.75, 3.05) is 19.6 Å². The lowest BCUT2D eigenvalue weighted by Gasteiger charge is -2.14. The molecule has 0 unspecified atom stereocenters. The second-order valence-electron chi connectivity index (χ2n) is 2.98. The van der Waals surface area contributed by atoms with E-state index in [9.17, 15) is 4.79 Å². The SMILES string of the molecule is NCCCC(=O)N1CCCC1. The van der Waals surface area contributed by atoms with E-state index in [4.69, 9.17) is 5.73 Å². The maximum atomic E-state index is 11.3. The van der Waals surface area contributed by atoms with Crippen molar-refractivity contribution in [1.29, 1.82) is 0 Å². The molecule has 1 heterocycles. The van der Waals surface area contributed by atoms with Crippen molar-refractivity contribution in [3.8, 4) is 0 Å². The molecule has 0 radical (unpaired) electrons. The van der Waals surface area contributed by atoms with Crippen molar-refractivity contribution in [3.05, 3.63) is 0 Å². The zero-order valence-corrected chi connectivity index (χ0v) is 6.88. The van der Waals surface area contributed by atoms with Gasteiger partial charge in [-0.1, -0.05) is 0 Å². The van der Waals surface area contributed by atoms with E-state index in [0.29, 0.717) is 13.0 Å². The van der Waals surface area contributed by atoms with E-state index in [2.05, 4.69) is 0 Å². The topological polar surface area (TPSA) is 46.3 Å². The summed E-state index contributed by atoms with van der Waals surface area (Å²) in [6, 6.07) is 0. The van der Waals surface area contributed by atoms with Crippen LogP contribution < -0.4 is 5.73 Å². The van der Waals surface area contributed by atoms with Gasteiger partial charge in [-0.05, 0) is 25.8 Å². The molecule has 1 amide bonds. The summed E-state index contributed by atoms with van der Waals surface area (Å²) in [5.74, 6) is 0.285. The number of hydrogen-bond donors (Lipinski definition) is 1. The molecule has 1 aliphatic rings. The lowest BCUT2D eigenvalue weighted by molar-refractivity contribution is -0.130. The fourth-order valence-corrected chi connectivity index (χ4v) is 1.38. The van der Waals surface area contributed by atoms with E-state index < -0.39 is 0 Å². The molecule has 1 rings (SSSR count). The normalized spacial score (nSPS) is 17.4. The maximum absolute atomic E-state index is 11.3. The minimum Gasteiger partial charge on any atom is -0.343 e. The molecule has 0 aromatic carbocycles. The maximum Gasteiger partial charge on any atom is 0.222 e. The molecule has 0 saturated carbocycles. The Kier molecular flexibility index (Phi) is 3.36. The quantitative estimate of drug-likeness (QED) is 0.640. The van der Waals surface area contributed by atoms with Crippen molar-refractivity contribution < 1.29 is 4.79 Å². The van der Waals surface area contributed by atoms with Gasteiger partial charge in [-0.3, -0.25) is 4.79 Å². The van der Waals surface area contributed by atoms with E-state index in [-0.39, 0.29) is 5.91 Å². The van der Waals surface area contributed by atoms with Crippen molar-refractivity contribution >= 4 is 5.91 Å². The summed E-state index contributed by atoms with van der Waals surface area (Å²) in [7, 11) is 0. The van der Waals surface area contributed by atoms with Gasteiger partial charge in [-0.2, -0.15) is 0 Å². The number of nitrogens with zero attached hydrogens (tertiary/aromatic N) is 1. The van der Waals surface area contributed by atoms with Gasteiger partial charge >= 0.3 is 0 Å². The smallest absolute Gasteiger partial charge is 0.222 e. The molecular weight excluding hydrogens is 140 g/mol. The molecule has 0 bridgehead atoms. The molecule has 0 aromatic rings. The van der Waals surface area contributed by atoms with E-state index in [1.807, 2.05) is 4.90 Å². The molecule has 1 fully saturated rings. The highest BCUT2D eigenvalue weighted by atomic mass is 16.2. The fourth-order valence-electron chi connectivity index (χ4n) is 1.38. The monoisotopic (exact) mass is 156 g/mol. The predicted octanol–water partition coefficient (Wildman–Crippen LogP) is 0.348. The van der Waals surface area contributed by atoms with Crippen LogP contribution in [0.15, 0.2) is 0 Å². The molecular formula is C8H16N2O. The van der Waals surface area contributed by atoms with Crippen molar-refractivity contribution in [1.82, 2.24) is 4.90 Å². The Hall–Kier alpha value is -0.570. The molecule has 64 valence electrons. The Morgan fingerprint density at radius 2 is 2.00 bits per heavy atom. The summed E-state index contributed by atoms with van der Waals surface area (Å²) < 4.78 is 0. The van der Waals surface area contributed by atoms with Crippen LogP contribution in [0.2, 0.25) is 0 Å². The van der Waals surface area contributed by atoms with Gasteiger partial charge in [0.2, 0.25) is 5.91 Å². The van der Waals surface area contributed by atoms with Gasteiger partial charge < -0.3 is 10.6 Å². The molecule has 0 aromatic heterocycles. The molecule has 11 heavy (non-hydrogen) atoms. The van der Waals surface area contributed by atoms with Crippen molar-refractivity contribution in [2.24, 2.45) is 5.73 Å². The first-order valence-corrected chi connectivity index (χ1v) is 4.32. The Morgan fingerprint density at radius 3 is 2.55 bits per heavy atom. The average molecular weight is 156 g/mol. The average Bonchev–Trinajstić information content (AvgIpc) is 2.52. The zero-order chi connectivity index (χ0) is 8.10. The Labute approximate surface area is 67.5 Å².